The Balaban J connectivity index is 2.04. The Bertz CT molecular complexity index is 1170. The third-order valence-electron chi connectivity index (χ3n) is 5.54. The second kappa shape index (κ2) is 9.11. The van der Waals surface area contributed by atoms with Gasteiger partial charge in [0.05, 0.1) is 11.3 Å². The number of benzene rings is 1. The van der Waals surface area contributed by atoms with E-state index in [2.05, 4.69) is 21.5 Å². The molecule has 1 unspecified atom stereocenters. The van der Waals surface area contributed by atoms with Crippen LogP contribution in [0.25, 0.3) is 11.1 Å². The van der Waals surface area contributed by atoms with Gasteiger partial charge >= 0.3 is 5.97 Å². The summed E-state index contributed by atoms with van der Waals surface area (Å²) in [5.41, 5.74) is 6.97. The molecule has 2 aromatic heterocycles. The number of rotatable bonds is 7. The van der Waals surface area contributed by atoms with Gasteiger partial charge in [0, 0.05) is 36.6 Å². The fraction of sp³-hybridized carbons (Fsp3) is 0.333. The Morgan fingerprint density at radius 3 is 2.71 bits per heavy atom. The lowest BCUT2D eigenvalue weighted by atomic mass is 9.88. The number of nitrogens with zero attached hydrogens (tertiary/aromatic N) is 4. The van der Waals surface area contributed by atoms with Crippen molar-refractivity contribution in [2.75, 3.05) is 7.05 Å². The van der Waals surface area contributed by atoms with E-state index in [1.807, 2.05) is 46.0 Å². The Kier molecular flexibility index (Phi) is 6.52. The molecule has 0 radical (unpaired) electrons. The van der Waals surface area contributed by atoms with Crippen molar-refractivity contribution in [2.45, 2.75) is 39.7 Å². The first-order valence-corrected chi connectivity index (χ1v) is 10.2. The molecule has 2 heterocycles. The molecule has 0 bridgehead atoms. The van der Waals surface area contributed by atoms with Crippen molar-refractivity contribution in [3.63, 3.8) is 0 Å². The maximum Gasteiger partial charge on any atom is 0.335 e. The molecule has 7 heteroatoms. The van der Waals surface area contributed by atoms with Crippen molar-refractivity contribution in [3.8, 4) is 17.2 Å². The topological polar surface area (TPSA) is 104 Å². The minimum atomic E-state index is -0.920. The average molecular weight is 418 g/mol. The third-order valence-corrected chi connectivity index (χ3v) is 5.54. The first-order valence-electron chi connectivity index (χ1n) is 10.2. The highest BCUT2D eigenvalue weighted by Gasteiger charge is 2.21. The van der Waals surface area contributed by atoms with Crippen LogP contribution >= 0.6 is 0 Å². The summed E-state index contributed by atoms with van der Waals surface area (Å²) in [6.07, 6.45) is 2.41. The predicted octanol–water partition coefficient (Wildman–Crippen LogP) is 3.73. The van der Waals surface area contributed by atoms with Crippen molar-refractivity contribution in [1.29, 1.82) is 5.26 Å². The number of carbonyl (C=O) groups is 1. The molecule has 0 saturated carbocycles. The van der Waals surface area contributed by atoms with Gasteiger partial charge in [-0.2, -0.15) is 10.4 Å². The van der Waals surface area contributed by atoms with Crippen molar-refractivity contribution < 1.29 is 9.90 Å². The molecule has 0 spiro atoms. The molecule has 3 aromatic rings. The number of hydrogen-bond donors (Lipinski definition) is 2. The van der Waals surface area contributed by atoms with Crippen LogP contribution in [0, 0.1) is 25.2 Å². The van der Waals surface area contributed by atoms with Gasteiger partial charge in [0.1, 0.15) is 11.8 Å². The molecule has 160 valence electrons. The molecule has 0 amide bonds. The number of aromatic carboxylic acids is 1. The van der Waals surface area contributed by atoms with Gasteiger partial charge in [-0.05, 0) is 56.5 Å². The summed E-state index contributed by atoms with van der Waals surface area (Å²) in [6, 6.07) is 9.73. The van der Waals surface area contributed by atoms with Crippen molar-refractivity contribution in [2.24, 2.45) is 7.05 Å². The highest BCUT2D eigenvalue weighted by molar-refractivity contribution is 5.89. The monoisotopic (exact) mass is 417 g/mol. The number of hydrogen-bond acceptors (Lipinski definition) is 5. The zero-order valence-electron chi connectivity index (χ0n) is 18.5. The van der Waals surface area contributed by atoms with Crippen molar-refractivity contribution in [1.82, 2.24) is 20.1 Å². The van der Waals surface area contributed by atoms with E-state index >= 15 is 0 Å². The molecule has 0 aliphatic heterocycles. The van der Waals surface area contributed by atoms with Crippen LogP contribution < -0.4 is 5.32 Å². The van der Waals surface area contributed by atoms with Gasteiger partial charge in [-0.1, -0.05) is 24.6 Å². The molecule has 0 aliphatic carbocycles. The second-order valence-corrected chi connectivity index (χ2v) is 7.91. The number of nitrogens with one attached hydrogen (secondary N) is 1. The Morgan fingerprint density at radius 2 is 2.06 bits per heavy atom. The van der Waals surface area contributed by atoms with Crippen LogP contribution in [0.2, 0.25) is 0 Å². The van der Waals surface area contributed by atoms with E-state index in [4.69, 9.17) is 0 Å². The van der Waals surface area contributed by atoms with Gasteiger partial charge in [-0.25, -0.2) is 4.79 Å². The number of aromatic nitrogens is 3. The van der Waals surface area contributed by atoms with E-state index in [1.54, 1.807) is 24.0 Å². The van der Waals surface area contributed by atoms with Crippen LogP contribution in [0.3, 0.4) is 0 Å². The first-order chi connectivity index (χ1) is 14.8. The van der Waals surface area contributed by atoms with Crippen LogP contribution in [-0.4, -0.2) is 32.9 Å². The summed E-state index contributed by atoms with van der Waals surface area (Å²) in [4.78, 5) is 16.3. The van der Waals surface area contributed by atoms with Crippen LogP contribution in [0.4, 0.5) is 0 Å². The summed E-state index contributed by atoms with van der Waals surface area (Å²) in [7, 11) is 3.60. The molecule has 0 aliphatic rings. The molecule has 3 rings (SSSR count). The van der Waals surface area contributed by atoms with Gasteiger partial charge in [0.2, 0.25) is 0 Å². The Labute approximate surface area is 182 Å². The maximum atomic E-state index is 11.7. The molecule has 1 atom stereocenters. The van der Waals surface area contributed by atoms with E-state index in [0.29, 0.717) is 24.2 Å². The summed E-state index contributed by atoms with van der Waals surface area (Å²) >= 11 is 0. The maximum absolute atomic E-state index is 11.7. The standard InChI is InChI=1S/C24H27N5O2/c1-14-6-7-19(24(30)31)20(8-14)15(2)9-17-10-18(12-27-16(17)3)23-21(13-26-4)28-29(5)22(23)11-25/h6-8,10,12,15,26H,9,13H2,1-5H3,(H,30,31). The minimum Gasteiger partial charge on any atom is -0.478 e. The summed E-state index contributed by atoms with van der Waals surface area (Å²) in [5.74, 6) is -0.931. The zero-order chi connectivity index (χ0) is 22.7. The highest BCUT2D eigenvalue weighted by Crippen LogP contribution is 2.31. The summed E-state index contributed by atoms with van der Waals surface area (Å²) in [5, 5.41) is 26.9. The van der Waals surface area contributed by atoms with Gasteiger partial charge in [0.25, 0.3) is 0 Å². The molecule has 2 N–H and O–H groups in total. The molecule has 0 saturated heterocycles. The number of carboxylic acids is 1. The van der Waals surface area contributed by atoms with E-state index < -0.39 is 5.97 Å². The quantitative estimate of drug-likeness (QED) is 0.607. The highest BCUT2D eigenvalue weighted by atomic mass is 16.4. The fourth-order valence-electron chi connectivity index (χ4n) is 3.95. The number of pyridine rings is 1. The number of aryl methyl sites for hydroxylation is 3. The molecule has 31 heavy (non-hydrogen) atoms. The molecular weight excluding hydrogens is 390 g/mol. The smallest absolute Gasteiger partial charge is 0.335 e. The van der Waals surface area contributed by atoms with E-state index in [1.165, 1.54) is 0 Å². The molecule has 1 aromatic carbocycles. The van der Waals surface area contributed by atoms with Crippen LogP contribution in [-0.2, 0) is 20.0 Å². The second-order valence-electron chi connectivity index (χ2n) is 7.91. The first kappa shape index (κ1) is 22.2. The van der Waals surface area contributed by atoms with Gasteiger partial charge in [-0.15, -0.1) is 0 Å². The SMILES string of the molecule is CNCc1nn(C)c(C#N)c1-c1cnc(C)c(CC(C)c2cc(C)ccc2C(=O)O)c1. The van der Waals surface area contributed by atoms with Crippen LogP contribution in [0.1, 0.15) is 57.0 Å². The van der Waals surface area contributed by atoms with Gasteiger partial charge in [0.15, 0.2) is 0 Å². The normalized spacial score (nSPS) is 11.9. The van der Waals surface area contributed by atoms with Gasteiger partial charge in [-0.3, -0.25) is 9.67 Å². The lowest BCUT2D eigenvalue weighted by Gasteiger charge is -2.17. The largest absolute Gasteiger partial charge is 0.478 e. The number of carboxylic acid groups (broad SMARTS) is 1. The lowest BCUT2D eigenvalue weighted by molar-refractivity contribution is 0.0695. The number of nitriles is 1. The lowest BCUT2D eigenvalue weighted by Crippen LogP contribution is -2.09. The fourth-order valence-corrected chi connectivity index (χ4v) is 3.95. The molecule has 0 fully saturated rings. The van der Waals surface area contributed by atoms with Crippen LogP contribution in [0.5, 0.6) is 0 Å². The molecular formula is C24H27N5O2. The Hall–Kier alpha value is -3.50. The average Bonchev–Trinajstić information content (AvgIpc) is 3.04. The predicted molar refractivity (Wildman–Crippen MR) is 119 cm³/mol. The van der Waals surface area contributed by atoms with Crippen LogP contribution in [0.15, 0.2) is 30.5 Å². The summed E-state index contributed by atoms with van der Waals surface area (Å²) in [6.45, 7) is 6.48. The third kappa shape index (κ3) is 4.49. The van der Waals surface area contributed by atoms with Gasteiger partial charge < -0.3 is 10.4 Å². The molecule has 7 nitrogen and oxygen atoms in total. The minimum absolute atomic E-state index is 0.0112. The van der Waals surface area contributed by atoms with Crippen molar-refractivity contribution in [3.05, 3.63) is 69.8 Å². The van der Waals surface area contributed by atoms with E-state index in [-0.39, 0.29) is 5.92 Å². The van der Waals surface area contributed by atoms with E-state index in [9.17, 15) is 15.2 Å². The zero-order valence-corrected chi connectivity index (χ0v) is 18.5. The Morgan fingerprint density at radius 1 is 1.32 bits per heavy atom. The van der Waals surface area contributed by atoms with Crippen molar-refractivity contribution >= 4 is 5.97 Å². The van der Waals surface area contributed by atoms with E-state index in [0.717, 1.165) is 39.2 Å². The summed E-state index contributed by atoms with van der Waals surface area (Å²) < 4.78 is 1.59.